The minimum Gasteiger partial charge on any atom is -0.303 e. The van der Waals surface area contributed by atoms with Crippen LogP contribution in [0, 0.1) is 0 Å². The molecule has 0 spiro atoms. The molecule has 0 unspecified atom stereocenters. The topological polar surface area (TPSA) is 34.1 Å². The highest BCUT2D eigenvalue weighted by atomic mass is 16.1. The first-order chi connectivity index (χ1) is 11.8. The van der Waals surface area contributed by atoms with E-state index in [1.807, 2.05) is 0 Å². The number of ketones is 1. The second-order valence-corrected chi connectivity index (χ2v) is 6.93. The summed E-state index contributed by atoms with van der Waals surface area (Å²) < 4.78 is 0. The van der Waals surface area contributed by atoms with Crippen LogP contribution in [-0.2, 0) is 9.59 Å². The van der Waals surface area contributed by atoms with Gasteiger partial charge in [0.25, 0.3) is 0 Å². The molecule has 0 N–H and O–H groups in total. The summed E-state index contributed by atoms with van der Waals surface area (Å²) in [5.41, 5.74) is 1.03. The van der Waals surface area contributed by atoms with Crippen molar-refractivity contribution in [1.29, 1.82) is 0 Å². The van der Waals surface area contributed by atoms with E-state index >= 15 is 0 Å². The molecule has 0 atom stereocenters. The van der Waals surface area contributed by atoms with Gasteiger partial charge in [0.2, 0.25) is 0 Å². The van der Waals surface area contributed by atoms with Crippen molar-refractivity contribution >= 4 is 12.1 Å². The SMILES string of the molecule is CCCCCCCC=C(CCCCCCCC)C(=O)CCCC=O. The second kappa shape index (κ2) is 18.4. The molecule has 0 aliphatic heterocycles. The normalized spacial score (nSPS) is 11.7. The summed E-state index contributed by atoms with van der Waals surface area (Å²) in [6.45, 7) is 4.47. The third-order valence-electron chi connectivity index (χ3n) is 4.58. The fourth-order valence-electron chi connectivity index (χ4n) is 2.98. The van der Waals surface area contributed by atoms with Gasteiger partial charge in [-0.05, 0) is 37.7 Å². The molecule has 140 valence electrons. The van der Waals surface area contributed by atoms with Gasteiger partial charge in [-0.1, -0.05) is 77.7 Å². The molecule has 0 amide bonds. The molecule has 24 heavy (non-hydrogen) atoms. The molecule has 0 bridgehead atoms. The van der Waals surface area contributed by atoms with Gasteiger partial charge < -0.3 is 4.79 Å². The smallest absolute Gasteiger partial charge is 0.158 e. The Balaban J connectivity index is 4.16. The van der Waals surface area contributed by atoms with Crippen LogP contribution in [0.5, 0.6) is 0 Å². The lowest BCUT2D eigenvalue weighted by Crippen LogP contribution is -2.03. The second-order valence-electron chi connectivity index (χ2n) is 6.93. The molecule has 0 fully saturated rings. The average molecular weight is 337 g/mol. The number of allylic oxidation sites excluding steroid dienone is 2. The highest BCUT2D eigenvalue weighted by molar-refractivity contribution is 5.95. The van der Waals surface area contributed by atoms with E-state index in [9.17, 15) is 9.59 Å². The lowest BCUT2D eigenvalue weighted by Gasteiger charge is -2.07. The molecule has 0 aromatic rings. The van der Waals surface area contributed by atoms with Crippen molar-refractivity contribution in [1.82, 2.24) is 0 Å². The standard InChI is InChI=1S/C22H40O2/c1-3-5-7-9-11-13-17-21(22(24)19-15-16-20-23)18-14-12-10-8-6-4-2/h17,20H,3-16,18-19H2,1-2H3. The Hall–Kier alpha value is -0.920. The minimum absolute atomic E-state index is 0.277. The van der Waals surface area contributed by atoms with E-state index < -0.39 is 0 Å². The number of aldehydes is 1. The molecule has 2 heteroatoms. The largest absolute Gasteiger partial charge is 0.303 e. The zero-order valence-electron chi connectivity index (χ0n) is 16.3. The van der Waals surface area contributed by atoms with E-state index in [0.29, 0.717) is 19.3 Å². The summed E-state index contributed by atoms with van der Waals surface area (Å²) >= 11 is 0. The van der Waals surface area contributed by atoms with E-state index in [1.165, 1.54) is 64.2 Å². The average Bonchev–Trinajstić information content (AvgIpc) is 2.59. The summed E-state index contributed by atoms with van der Waals surface area (Å²) in [5.74, 6) is 0.277. The summed E-state index contributed by atoms with van der Waals surface area (Å²) in [4.78, 5) is 22.8. The van der Waals surface area contributed by atoms with Crippen LogP contribution in [0.4, 0.5) is 0 Å². The zero-order valence-corrected chi connectivity index (χ0v) is 16.3. The van der Waals surface area contributed by atoms with E-state index in [4.69, 9.17) is 0 Å². The van der Waals surface area contributed by atoms with Gasteiger partial charge in [0, 0.05) is 12.8 Å². The molecular weight excluding hydrogens is 296 g/mol. The van der Waals surface area contributed by atoms with Gasteiger partial charge in [0.05, 0.1) is 0 Å². The minimum atomic E-state index is 0.277. The van der Waals surface area contributed by atoms with E-state index in [2.05, 4.69) is 19.9 Å². The van der Waals surface area contributed by atoms with Crippen molar-refractivity contribution in [3.05, 3.63) is 11.6 Å². The summed E-state index contributed by atoms with van der Waals surface area (Å²) in [7, 11) is 0. The van der Waals surface area contributed by atoms with E-state index in [1.54, 1.807) is 0 Å². The van der Waals surface area contributed by atoms with Crippen LogP contribution < -0.4 is 0 Å². The third-order valence-corrected chi connectivity index (χ3v) is 4.58. The van der Waals surface area contributed by atoms with Gasteiger partial charge in [-0.3, -0.25) is 4.79 Å². The highest BCUT2D eigenvalue weighted by Crippen LogP contribution is 2.17. The number of hydrogen-bond donors (Lipinski definition) is 0. The predicted octanol–water partition coefficient (Wildman–Crippen LogP) is 6.96. The maximum absolute atomic E-state index is 12.4. The molecular formula is C22H40O2. The molecule has 0 saturated heterocycles. The molecule has 0 heterocycles. The fourth-order valence-corrected chi connectivity index (χ4v) is 2.98. The number of rotatable bonds is 18. The van der Waals surface area contributed by atoms with Crippen LogP contribution in [-0.4, -0.2) is 12.1 Å². The van der Waals surface area contributed by atoms with Crippen LogP contribution in [0.15, 0.2) is 11.6 Å². The third kappa shape index (κ3) is 14.7. The van der Waals surface area contributed by atoms with Gasteiger partial charge in [-0.15, -0.1) is 0 Å². The van der Waals surface area contributed by atoms with Crippen LogP contribution >= 0.6 is 0 Å². The maximum Gasteiger partial charge on any atom is 0.158 e. The van der Waals surface area contributed by atoms with Gasteiger partial charge in [0.1, 0.15) is 6.29 Å². The molecule has 2 nitrogen and oxygen atoms in total. The number of unbranched alkanes of at least 4 members (excludes halogenated alkanes) is 11. The number of carbonyl (C=O) groups is 2. The number of carbonyl (C=O) groups excluding carboxylic acids is 2. The van der Waals surface area contributed by atoms with Crippen LogP contribution in [0.1, 0.15) is 117 Å². The molecule has 0 radical (unpaired) electrons. The Morgan fingerprint density at radius 2 is 1.25 bits per heavy atom. The molecule has 0 saturated carbocycles. The van der Waals surface area contributed by atoms with E-state index in [-0.39, 0.29) is 5.78 Å². The van der Waals surface area contributed by atoms with Gasteiger partial charge in [-0.25, -0.2) is 0 Å². The van der Waals surface area contributed by atoms with Crippen molar-refractivity contribution in [3.8, 4) is 0 Å². The molecule has 0 aliphatic rings. The first-order valence-corrected chi connectivity index (χ1v) is 10.4. The van der Waals surface area contributed by atoms with Crippen molar-refractivity contribution < 1.29 is 9.59 Å². The van der Waals surface area contributed by atoms with E-state index in [0.717, 1.165) is 31.1 Å². The van der Waals surface area contributed by atoms with Crippen molar-refractivity contribution in [3.63, 3.8) is 0 Å². The van der Waals surface area contributed by atoms with Gasteiger partial charge in [0.15, 0.2) is 5.78 Å². The Morgan fingerprint density at radius 1 is 0.667 bits per heavy atom. The summed E-state index contributed by atoms with van der Waals surface area (Å²) in [5, 5.41) is 0. The Bertz CT molecular complexity index is 331. The number of Topliss-reactive ketones (excluding diaryl/α,β-unsaturated/α-hetero) is 1. The summed E-state index contributed by atoms with van der Waals surface area (Å²) in [6, 6.07) is 0. The van der Waals surface area contributed by atoms with Gasteiger partial charge >= 0.3 is 0 Å². The Labute approximate surface area is 150 Å². The quantitative estimate of drug-likeness (QED) is 0.154. The first-order valence-electron chi connectivity index (χ1n) is 10.4. The molecule has 0 aromatic carbocycles. The van der Waals surface area contributed by atoms with Crippen LogP contribution in [0.2, 0.25) is 0 Å². The van der Waals surface area contributed by atoms with Crippen molar-refractivity contribution in [2.24, 2.45) is 0 Å². The van der Waals surface area contributed by atoms with Crippen molar-refractivity contribution in [2.45, 2.75) is 117 Å². The predicted molar refractivity (Wildman–Crippen MR) is 104 cm³/mol. The maximum atomic E-state index is 12.4. The summed E-state index contributed by atoms with van der Waals surface area (Å²) in [6.07, 6.45) is 20.8. The lowest BCUT2D eigenvalue weighted by atomic mass is 9.97. The van der Waals surface area contributed by atoms with Crippen LogP contribution in [0.25, 0.3) is 0 Å². The molecule has 0 aliphatic carbocycles. The van der Waals surface area contributed by atoms with Crippen molar-refractivity contribution in [2.75, 3.05) is 0 Å². The lowest BCUT2D eigenvalue weighted by molar-refractivity contribution is -0.115. The molecule has 0 rings (SSSR count). The van der Waals surface area contributed by atoms with Crippen LogP contribution in [0.3, 0.4) is 0 Å². The Morgan fingerprint density at radius 3 is 1.88 bits per heavy atom. The monoisotopic (exact) mass is 336 g/mol. The number of hydrogen-bond acceptors (Lipinski definition) is 2. The fraction of sp³-hybridized carbons (Fsp3) is 0.818. The highest BCUT2D eigenvalue weighted by Gasteiger charge is 2.09. The first kappa shape index (κ1) is 23.1. The Kier molecular flexibility index (Phi) is 17.7. The zero-order chi connectivity index (χ0) is 17.9. The van der Waals surface area contributed by atoms with Gasteiger partial charge in [-0.2, -0.15) is 0 Å². The molecule has 0 aromatic heterocycles.